The third kappa shape index (κ3) is 3.77. The first-order chi connectivity index (χ1) is 7.84. The van der Waals surface area contributed by atoms with Gasteiger partial charge in [0.2, 0.25) is 0 Å². The van der Waals surface area contributed by atoms with Crippen LogP contribution in [0, 0.1) is 0 Å². The maximum Gasteiger partial charge on any atom is 0.312 e. The normalized spacial score (nSPS) is 11.3. The molecule has 0 saturated heterocycles. The van der Waals surface area contributed by atoms with E-state index in [1.807, 2.05) is 0 Å². The van der Waals surface area contributed by atoms with Crippen molar-refractivity contribution < 1.29 is 4.79 Å². The van der Waals surface area contributed by atoms with Crippen molar-refractivity contribution in [3.05, 3.63) is 34.9 Å². The van der Waals surface area contributed by atoms with Crippen LogP contribution in [-0.4, -0.2) is 6.03 Å². The average Bonchev–Trinajstić information content (AvgIpc) is 2.24. The van der Waals surface area contributed by atoms with Gasteiger partial charge >= 0.3 is 6.03 Å². The minimum absolute atomic E-state index is 0.152. The molecule has 3 N–H and O–H groups in total. The van der Waals surface area contributed by atoms with Crippen LogP contribution in [0.25, 0.3) is 0 Å². The van der Waals surface area contributed by atoms with Crippen molar-refractivity contribution in [2.24, 2.45) is 5.73 Å². The molecule has 0 fully saturated rings. The minimum Gasteiger partial charge on any atom is -0.352 e. The summed E-state index contributed by atoms with van der Waals surface area (Å²) in [5.41, 5.74) is 8.96. The highest BCUT2D eigenvalue weighted by molar-refractivity contribution is 5.71. The molecule has 17 heavy (non-hydrogen) atoms. The van der Waals surface area contributed by atoms with Gasteiger partial charge < -0.3 is 11.1 Å². The van der Waals surface area contributed by atoms with Crippen LogP contribution in [-0.2, 0) is 18.4 Å². The summed E-state index contributed by atoms with van der Waals surface area (Å²) in [4.78, 5) is 10.7. The molecule has 0 heterocycles. The zero-order valence-corrected chi connectivity index (χ0v) is 11.1. The van der Waals surface area contributed by atoms with Crippen molar-refractivity contribution >= 4 is 6.03 Å². The number of hydrogen-bond donors (Lipinski definition) is 2. The fourth-order valence-electron chi connectivity index (χ4n) is 1.78. The number of nitrogens with two attached hydrogens (primary N) is 1. The highest BCUT2D eigenvalue weighted by atomic mass is 16.2. The van der Waals surface area contributed by atoms with E-state index in [9.17, 15) is 4.79 Å². The number of amides is 2. The average molecular weight is 234 g/mol. The van der Waals surface area contributed by atoms with Gasteiger partial charge in [0.25, 0.3) is 0 Å². The Morgan fingerprint density at radius 1 is 1.29 bits per heavy atom. The molecule has 0 aliphatic rings. The third-order valence-electron chi connectivity index (χ3n) is 2.91. The number of carbonyl (C=O) groups is 1. The lowest BCUT2D eigenvalue weighted by atomic mass is 9.85. The molecule has 0 saturated carbocycles. The first kappa shape index (κ1) is 13.6. The number of rotatable bonds is 3. The summed E-state index contributed by atoms with van der Waals surface area (Å²) >= 11 is 0. The van der Waals surface area contributed by atoms with E-state index in [2.05, 4.69) is 51.2 Å². The molecule has 0 spiro atoms. The van der Waals surface area contributed by atoms with Crippen molar-refractivity contribution in [3.63, 3.8) is 0 Å². The molecule has 0 radical (unpaired) electrons. The Kier molecular flexibility index (Phi) is 4.16. The first-order valence-corrected chi connectivity index (χ1v) is 6.00. The maximum atomic E-state index is 10.7. The third-order valence-corrected chi connectivity index (χ3v) is 2.91. The van der Waals surface area contributed by atoms with Crippen molar-refractivity contribution in [1.82, 2.24) is 5.32 Å². The molecule has 0 aliphatic heterocycles. The van der Waals surface area contributed by atoms with Crippen LogP contribution in [0.4, 0.5) is 4.79 Å². The number of primary amides is 1. The van der Waals surface area contributed by atoms with E-state index < -0.39 is 6.03 Å². The standard InChI is InChI=1S/C14H22N2O/c1-5-10-8-12(14(2,3)4)7-6-11(10)9-16-13(15)17/h6-8H,5,9H2,1-4H3,(H3,15,16,17). The van der Waals surface area contributed by atoms with Gasteiger partial charge in [-0.1, -0.05) is 45.9 Å². The first-order valence-electron chi connectivity index (χ1n) is 6.00. The van der Waals surface area contributed by atoms with Crippen molar-refractivity contribution in [2.75, 3.05) is 0 Å². The van der Waals surface area contributed by atoms with Crippen LogP contribution < -0.4 is 11.1 Å². The molecule has 0 bridgehead atoms. The topological polar surface area (TPSA) is 55.1 Å². The van der Waals surface area contributed by atoms with Gasteiger partial charge in [-0.3, -0.25) is 0 Å². The quantitative estimate of drug-likeness (QED) is 0.830. The lowest BCUT2D eigenvalue weighted by Gasteiger charge is -2.21. The lowest BCUT2D eigenvalue weighted by Crippen LogP contribution is -2.29. The molecule has 2 amide bonds. The zero-order chi connectivity index (χ0) is 13.1. The summed E-state index contributed by atoms with van der Waals surface area (Å²) in [6, 6.07) is 5.94. The van der Waals surface area contributed by atoms with Crippen LogP contribution in [0.15, 0.2) is 18.2 Å². The van der Waals surface area contributed by atoms with E-state index in [1.54, 1.807) is 0 Å². The van der Waals surface area contributed by atoms with Crippen LogP contribution in [0.1, 0.15) is 44.4 Å². The highest BCUT2D eigenvalue weighted by Crippen LogP contribution is 2.24. The summed E-state index contributed by atoms with van der Waals surface area (Å²) < 4.78 is 0. The Hall–Kier alpha value is -1.51. The largest absolute Gasteiger partial charge is 0.352 e. The summed E-state index contributed by atoms with van der Waals surface area (Å²) in [5, 5.41) is 2.63. The minimum atomic E-state index is -0.480. The monoisotopic (exact) mass is 234 g/mol. The molecule has 3 nitrogen and oxygen atoms in total. The molecule has 0 aliphatic carbocycles. The van der Waals surface area contributed by atoms with Crippen LogP contribution in [0.2, 0.25) is 0 Å². The van der Waals surface area contributed by atoms with Crippen LogP contribution in [0.5, 0.6) is 0 Å². The van der Waals surface area contributed by atoms with E-state index in [1.165, 1.54) is 11.1 Å². The Morgan fingerprint density at radius 2 is 1.94 bits per heavy atom. The number of carbonyl (C=O) groups excluding carboxylic acids is 1. The lowest BCUT2D eigenvalue weighted by molar-refractivity contribution is 0.248. The second kappa shape index (κ2) is 5.21. The molecule has 1 rings (SSSR count). The molecule has 0 atom stereocenters. The Bertz CT molecular complexity index is 405. The number of hydrogen-bond acceptors (Lipinski definition) is 1. The fraction of sp³-hybridized carbons (Fsp3) is 0.500. The van der Waals surface area contributed by atoms with Gasteiger partial charge in [-0.15, -0.1) is 0 Å². The van der Waals surface area contributed by atoms with E-state index >= 15 is 0 Å². The summed E-state index contributed by atoms with van der Waals surface area (Å²) in [5.74, 6) is 0. The number of urea groups is 1. The predicted molar refractivity (Wildman–Crippen MR) is 70.9 cm³/mol. The molecule has 1 aromatic rings. The van der Waals surface area contributed by atoms with Gasteiger partial charge in [-0.2, -0.15) is 0 Å². The summed E-state index contributed by atoms with van der Waals surface area (Å²) in [6.45, 7) is 9.22. The summed E-state index contributed by atoms with van der Waals surface area (Å²) in [7, 11) is 0. The van der Waals surface area contributed by atoms with Gasteiger partial charge in [0.05, 0.1) is 0 Å². The van der Waals surface area contributed by atoms with Crippen molar-refractivity contribution in [1.29, 1.82) is 0 Å². The van der Waals surface area contributed by atoms with Gasteiger partial charge in [-0.25, -0.2) is 4.79 Å². The van der Waals surface area contributed by atoms with E-state index in [0.717, 1.165) is 12.0 Å². The van der Waals surface area contributed by atoms with E-state index in [0.29, 0.717) is 6.54 Å². The zero-order valence-electron chi connectivity index (χ0n) is 11.1. The van der Waals surface area contributed by atoms with Crippen molar-refractivity contribution in [3.8, 4) is 0 Å². The summed E-state index contributed by atoms with van der Waals surface area (Å²) in [6.07, 6.45) is 0.958. The number of aryl methyl sites for hydroxylation is 1. The van der Waals surface area contributed by atoms with Gasteiger partial charge in [0.1, 0.15) is 0 Å². The molecule has 1 aromatic carbocycles. The van der Waals surface area contributed by atoms with Gasteiger partial charge in [0.15, 0.2) is 0 Å². The van der Waals surface area contributed by atoms with E-state index in [4.69, 9.17) is 5.73 Å². The number of nitrogens with one attached hydrogen (secondary N) is 1. The molecular weight excluding hydrogens is 212 g/mol. The predicted octanol–water partition coefficient (Wildman–Crippen LogP) is 2.71. The maximum absolute atomic E-state index is 10.7. The van der Waals surface area contributed by atoms with Crippen LogP contribution in [0.3, 0.4) is 0 Å². The smallest absolute Gasteiger partial charge is 0.312 e. The Morgan fingerprint density at radius 3 is 2.41 bits per heavy atom. The molecule has 3 heteroatoms. The fourth-order valence-corrected chi connectivity index (χ4v) is 1.78. The molecule has 0 aromatic heterocycles. The Balaban J connectivity index is 2.97. The van der Waals surface area contributed by atoms with Crippen molar-refractivity contribution in [2.45, 2.75) is 46.1 Å². The Labute approximate surface area is 103 Å². The second-order valence-electron chi connectivity index (χ2n) is 5.30. The van der Waals surface area contributed by atoms with Crippen LogP contribution >= 0.6 is 0 Å². The van der Waals surface area contributed by atoms with Gasteiger partial charge in [0, 0.05) is 6.54 Å². The second-order valence-corrected chi connectivity index (χ2v) is 5.30. The number of benzene rings is 1. The molecule has 0 unspecified atom stereocenters. The SMILES string of the molecule is CCc1cc(C(C)(C)C)ccc1CNC(N)=O. The van der Waals surface area contributed by atoms with E-state index in [-0.39, 0.29) is 5.41 Å². The highest BCUT2D eigenvalue weighted by Gasteiger charge is 2.14. The molecule has 94 valence electrons. The van der Waals surface area contributed by atoms with Gasteiger partial charge in [-0.05, 0) is 28.5 Å². The molecular formula is C14H22N2O.